The van der Waals surface area contributed by atoms with Gasteiger partial charge in [0.15, 0.2) is 5.96 Å². The number of thiazole rings is 1. The topological polar surface area (TPSA) is 60.8 Å². The molecular formula is C18H31N5OS. The van der Waals surface area contributed by atoms with Crippen LogP contribution in [-0.4, -0.2) is 64.9 Å². The minimum absolute atomic E-state index is 0.154. The Bertz CT molecular complexity index is 623. The molecule has 2 rings (SSSR count). The monoisotopic (exact) mass is 365 g/mol. The number of hydrogen-bond donors (Lipinski definition) is 1. The second-order valence-corrected chi connectivity index (χ2v) is 8.52. The lowest BCUT2D eigenvalue weighted by atomic mass is 9.96. The Balaban J connectivity index is 1.95. The first kappa shape index (κ1) is 19.7. The van der Waals surface area contributed by atoms with Crippen molar-refractivity contribution >= 4 is 23.2 Å². The molecule has 1 saturated heterocycles. The fourth-order valence-electron chi connectivity index (χ4n) is 3.55. The Hall–Kier alpha value is -1.63. The third-order valence-electron chi connectivity index (χ3n) is 4.42. The van der Waals surface area contributed by atoms with Crippen molar-refractivity contribution in [3.8, 4) is 0 Å². The molecule has 0 spiro atoms. The molecule has 0 aliphatic carbocycles. The van der Waals surface area contributed by atoms with Crippen molar-refractivity contribution in [1.82, 2.24) is 20.1 Å². The van der Waals surface area contributed by atoms with E-state index in [9.17, 15) is 4.79 Å². The minimum Gasteiger partial charge on any atom is -0.356 e. The SMILES string of the molecule is CCc1cnc(CCNC(=NC)N2CC(=O)N(C(C)C)C(C)(C)C2)s1. The summed E-state index contributed by atoms with van der Waals surface area (Å²) in [5.41, 5.74) is -0.216. The molecule has 7 heteroatoms. The first-order valence-electron chi connectivity index (χ1n) is 8.99. The van der Waals surface area contributed by atoms with E-state index >= 15 is 0 Å². The average Bonchev–Trinajstić information content (AvgIpc) is 2.97. The molecule has 140 valence electrons. The molecule has 1 aliphatic heterocycles. The molecule has 1 N–H and O–H groups in total. The van der Waals surface area contributed by atoms with Crippen molar-refractivity contribution in [3.63, 3.8) is 0 Å². The molecule has 1 aromatic heterocycles. The van der Waals surface area contributed by atoms with Gasteiger partial charge in [0.05, 0.1) is 17.1 Å². The van der Waals surface area contributed by atoms with Gasteiger partial charge >= 0.3 is 0 Å². The van der Waals surface area contributed by atoms with Crippen LogP contribution in [0.1, 0.15) is 44.5 Å². The van der Waals surface area contributed by atoms with Crippen LogP contribution in [0.5, 0.6) is 0 Å². The van der Waals surface area contributed by atoms with Crippen molar-refractivity contribution in [1.29, 1.82) is 0 Å². The zero-order chi connectivity index (χ0) is 18.6. The summed E-state index contributed by atoms with van der Waals surface area (Å²) in [6, 6.07) is 0.206. The van der Waals surface area contributed by atoms with Gasteiger partial charge in [0.1, 0.15) is 0 Å². The molecule has 6 nitrogen and oxygen atoms in total. The van der Waals surface area contributed by atoms with Crippen molar-refractivity contribution < 1.29 is 4.79 Å². The van der Waals surface area contributed by atoms with Crippen LogP contribution in [0.25, 0.3) is 0 Å². The van der Waals surface area contributed by atoms with Gasteiger partial charge in [-0.05, 0) is 34.1 Å². The quantitative estimate of drug-likeness (QED) is 0.642. The van der Waals surface area contributed by atoms with Gasteiger partial charge in [-0.1, -0.05) is 6.92 Å². The van der Waals surface area contributed by atoms with Crippen LogP contribution in [0.4, 0.5) is 0 Å². The van der Waals surface area contributed by atoms with E-state index in [1.54, 1.807) is 18.4 Å². The number of nitrogens with zero attached hydrogens (tertiary/aromatic N) is 4. The van der Waals surface area contributed by atoms with E-state index in [0.29, 0.717) is 6.54 Å². The molecule has 25 heavy (non-hydrogen) atoms. The summed E-state index contributed by atoms with van der Waals surface area (Å²) in [6.45, 7) is 12.4. The highest BCUT2D eigenvalue weighted by molar-refractivity contribution is 7.11. The predicted octanol–water partition coefficient (Wildman–Crippen LogP) is 2.15. The van der Waals surface area contributed by atoms with E-state index in [4.69, 9.17) is 0 Å². The number of hydrogen-bond acceptors (Lipinski definition) is 4. The van der Waals surface area contributed by atoms with Gasteiger partial charge in [-0.25, -0.2) is 4.98 Å². The predicted molar refractivity (Wildman–Crippen MR) is 104 cm³/mol. The van der Waals surface area contributed by atoms with Gasteiger partial charge in [0.25, 0.3) is 0 Å². The average molecular weight is 366 g/mol. The number of guanidine groups is 1. The number of carbonyl (C=O) groups excluding carboxylic acids is 1. The zero-order valence-electron chi connectivity index (χ0n) is 16.3. The normalized spacial score (nSPS) is 18.2. The van der Waals surface area contributed by atoms with Crippen LogP contribution in [-0.2, 0) is 17.6 Å². The fraction of sp³-hybridized carbons (Fsp3) is 0.722. The molecule has 0 saturated carbocycles. The Morgan fingerprint density at radius 3 is 2.72 bits per heavy atom. The van der Waals surface area contributed by atoms with Gasteiger partial charge < -0.3 is 15.1 Å². The number of piperazine rings is 1. The third-order valence-corrected chi connectivity index (χ3v) is 5.63. The molecule has 1 aromatic rings. The van der Waals surface area contributed by atoms with E-state index in [-0.39, 0.29) is 17.5 Å². The third kappa shape index (κ3) is 4.71. The van der Waals surface area contributed by atoms with Crippen LogP contribution in [0.2, 0.25) is 0 Å². The lowest BCUT2D eigenvalue weighted by Crippen LogP contribution is -2.66. The maximum Gasteiger partial charge on any atom is 0.242 e. The second kappa shape index (κ2) is 8.17. The summed E-state index contributed by atoms with van der Waals surface area (Å²) in [4.78, 5) is 26.8. The highest BCUT2D eigenvalue weighted by Crippen LogP contribution is 2.24. The number of rotatable bonds is 5. The molecule has 0 atom stereocenters. The lowest BCUT2D eigenvalue weighted by molar-refractivity contribution is -0.145. The Morgan fingerprint density at radius 1 is 1.48 bits per heavy atom. The Labute approximate surface area is 155 Å². The summed E-state index contributed by atoms with van der Waals surface area (Å²) in [5, 5.41) is 4.53. The molecule has 1 aliphatic rings. The van der Waals surface area contributed by atoms with E-state index in [1.165, 1.54) is 4.88 Å². The van der Waals surface area contributed by atoms with Gasteiger partial charge in [0.2, 0.25) is 5.91 Å². The van der Waals surface area contributed by atoms with Crippen LogP contribution in [0, 0.1) is 0 Å². The van der Waals surface area contributed by atoms with E-state index in [0.717, 1.165) is 36.9 Å². The maximum atomic E-state index is 12.6. The lowest BCUT2D eigenvalue weighted by Gasteiger charge is -2.49. The molecule has 0 unspecified atom stereocenters. The van der Waals surface area contributed by atoms with Crippen molar-refractivity contribution in [2.24, 2.45) is 4.99 Å². The molecule has 0 bridgehead atoms. The molecule has 0 radical (unpaired) electrons. The van der Waals surface area contributed by atoms with Crippen LogP contribution in [0.15, 0.2) is 11.2 Å². The first-order valence-corrected chi connectivity index (χ1v) is 9.81. The van der Waals surface area contributed by atoms with E-state index in [2.05, 4.69) is 54.8 Å². The Morgan fingerprint density at radius 2 is 2.20 bits per heavy atom. The van der Waals surface area contributed by atoms with Gasteiger partial charge in [-0.3, -0.25) is 9.79 Å². The maximum absolute atomic E-state index is 12.6. The number of carbonyl (C=O) groups is 1. The number of aromatic nitrogens is 1. The molecular weight excluding hydrogens is 334 g/mol. The minimum atomic E-state index is -0.216. The molecule has 1 fully saturated rings. The summed E-state index contributed by atoms with van der Waals surface area (Å²) in [5.74, 6) is 0.943. The number of nitrogens with one attached hydrogen (secondary N) is 1. The van der Waals surface area contributed by atoms with Crippen LogP contribution < -0.4 is 5.32 Å². The van der Waals surface area contributed by atoms with E-state index in [1.807, 2.05) is 11.1 Å². The smallest absolute Gasteiger partial charge is 0.242 e. The number of amides is 1. The zero-order valence-corrected chi connectivity index (χ0v) is 17.1. The molecule has 0 aromatic carbocycles. The highest BCUT2D eigenvalue weighted by atomic mass is 32.1. The fourth-order valence-corrected chi connectivity index (χ4v) is 4.42. The summed E-state index contributed by atoms with van der Waals surface area (Å²) >= 11 is 1.77. The van der Waals surface area contributed by atoms with Crippen molar-refractivity contribution in [2.45, 2.75) is 59.0 Å². The highest BCUT2D eigenvalue weighted by Gasteiger charge is 2.40. The summed E-state index contributed by atoms with van der Waals surface area (Å²) in [6.07, 6.45) is 3.86. The molecule has 2 heterocycles. The number of aryl methyl sites for hydroxylation is 1. The Kier molecular flexibility index (Phi) is 6.43. The standard InChI is InChI=1S/C18H31N5OS/c1-7-14-10-21-15(25-14)8-9-20-17(19-6)22-11-16(24)23(13(2)3)18(4,5)12-22/h10,13H,7-9,11-12H2,1-6H3,(H,19,20). The van der Waals surface area contributed by atoms with E-state index < -0.39 is 0 Å². The second-order valence-electron chi connectivity index (χ2n) is 7.32. The van der Waals surface area contributed by atoms with Crippen molar-refractivity contribution in [2.75, 3.05) is 26.7 Å². The summed E-state index contributed by atoms with van der Waals surface area (Å²) < 4.78 is 0. The largest absolute Gasteiger partial charge is 0.356 e. The van der Waals surface area contributed by atoms with Gasteiger partial charge in [-0.15, -0.1) is 11.3 Å². The summed E-state index contributed by atoms with van der Waals surface area (Å²) in [7, 11) is 1.77. The van der Waals surface area contributed by atoms with Gasteiger partial charge in [0, 0.05) is 43.7 Å². The van der Waals surface area contributed by atoms with Gasteiger partial charge in [-0.2, -0.15) is 0 Å². The van der Waals surface area contributed by atoms with Crippen LogP contribution in [0.3, 0.4) is 0 Å². The number of aliphatic imine (C=N–C) groups is 1. The first-order chi connectivity index (χ1) is 11.8. The molecule has 1 amide bonds. The van der Waals surface area contributed by atoms with Crippen molar-refractivity contribution in [3.05, 3.63) is 16.1 Å². The van der Waals surface area contributed by atoms with Crippen LogP contribution >= 0.6 is 11.3 Å².